The minimum Gasteiger partial charge on any atom is -0.388 e. The third-order valence-corrected chi connectivity index (χ3v) is 4.73. The van der Waals surface area contributed by atoms with Crippen molar-refractivity contribution in [3.8, 4) is 11.3 Å². The third-order valence-electron chi connectivity index (χ3n) is 4.73. The van der Waals surface area contributed by atoms with E-state index in [2.05, 4.69) is 76.3 Å². The van der Waals surface area contributed by atoms with Crippen LogP contribution in [0.5, 0.6) is 0 Å². The van der Waals surface area contributed by atoms with E-state index in [0.29, 0.717) is 5.82 Å². The maximum atomic E-state index is 4.62. The highest BCUT2D eigenvalue weighted by atomic mass is 15.0. The number of hydrogen-bond acceptors (Lipinski definition) is 4. The summed E-state index contributed by atoms with van der Waals surface area (Å²) in [4.78, 5) is 12.4. The highest BCUT2D eigenvalue weighted by molar-refractivity contribution is 5.69. The SMILES string of the molecule is C=C(NC)c1ccc(Nc2ncc[nH]c(-c3ccc(C)cc3)cnc2C)cc1C. The molecule has 5 nitrogen and oxygen atoms in total. The predicted molar refractivity (Wildman–Crippen MR) is 121 cm³/mol. The van der Waals surface area contributed by atoms with Gasteiger partial charge in [-0.05, 0) is 44.0 Å². The van der Waals surface area contributed by atoms with Crippen molar-refractivity contribution in [2.24, 2.45) is 0 Å². The minimum absolute atomic E-state index is 0.698. The summed E-state index contributed by atoms with van der Waals surface area (Å²) in [7, 11) is 1.87. The fourth-order valence-corrected chi connectivity index (χ4v) is 2.96. The molecule has 3 aromatic rings. The second-order valence-corrected chi connectivity index (χ2v) is 6.94. The molecule has 0 atom stereocenters. The number of nitrogens with zero attached hydrogens (tertiary/aromatic N) is 2. The highest BCUT2D eigenvalue weighted by Gasteiger charge is 2.05. The number of nitrogens with one attached hydrogen (secondary N) is 3. The Labute approximate surface area is 172 Å². The quantitative estimate of drug-likeness (QED) is 0.546. The first-order valence-electron chi connectivity index (χ1n) is 9.54. The molecule has 0 radical (unpaired) electrons. The minimum atomic E-state index is 0.698. The van der Waals surface area contributed by atoms with Gasteiger partial charge in [-0.25, -0.2) is 4.98 Å². The largest absolute Gasteiger partial charge is 0.388 e. The first kappa shape index (κ1) is 20.1. The van der Waals surface area contributed by atoms with Gasteiger partial charge < -0.3 is 15.6 Å². The molecule has 0 spiro atoms. The Bertz CT molecular complexity index is 1060. The van der Waals surface area contributed by atoms with Gasteiger partial charge in [-0.1, -0.05) is 42.5 Å². The molecule has 29 heavy (non-hydrogen) atoms. The highest BCUT2D eigenvalue weighted by Crippen LogP contribution is 2.22. The van der Waals surface area contributed by atoms with Gasteiger partial charge in [0.25, 0.3) is 0 Å². The van der Waals surface area contributed by atoms with Crippen LogP contribution in [0.4, 0.5) is 11.5 Å². The van der Waals surface area contributed by atoms with Gasteiger partial charge in [0.15, 0.2) is 5.82 Å². The van der Waals surface area contributed by atoms with Gasteiger partial charge in [-0.15, -0.1) is 0 Å². The molecule has 0 aliphatic carbocycles. The molecule has 3 N–H and O–H groups in total. The molecule has 0 aliphatic rings. The lowest BCUT2D eigenvalue weighted by molar-refractivity contribution is 1.12. The second-order valence-electron chi connectivity index (χ2n) is 6.94. The van der Waals surface area contributed by atoms with Crippen LogP contribution in [0, 0.1) is 20.8 Å². The lowest BCUT2D eigenvalue weighted by Crippen LogP contribution is -2.05. The van der Waals surface area contributed by atoms with Gasteiger partial charge in [0, 0.05) is 36.4 Å². The molecule has 3 rings (SSSR count). The summed E-state index contributed by atoms with van der Waals surface area (Å²) in [6, 6.07) is 14.5. The fourth-order valence-electron chi connectivity index (χ4n) is 2.96. The number of H-pyrrole nitrogens is 1. The van der Waals surface area contributed by atoms with Crippen molar-refractivity contribution in [1.82, 2.24) is 20.3 Å². The van der Waals surface area contributed by atoms with Crippen LogP contribution < -0.4 is 10.6 Å². The van der Waals surface area contributed by atoms with Crippen LogP contribution in [0.25, 0.3) is 17.0 Å². The fraction of sp³-hybridized carbons (Fsp3) is 0.167. The molecule has 0 amide bonds. The van der Waals surface area contributed by atoms with Crippen molar-refractivity contribution in [3.05, 3.63) is 90.0 Å². The van der Waals surface area contributed by atoms with Crippen molar-refractivity contribution >= 4 is 17.2 Å². The molecule has 0 saturated carbocycles. The summed E-state index contributed by atoms with van der Waals surface area (Å²) in [5.74, 6) is 0.698. The maximum Gasteiger partial charge on any atom is 0.151 e. The normalized spacial score (nSPS) is 10.2. The molecule has 148 valence electrons. The summed E-state index contributed by atoms with van der Waals surface area (Å²) in [5, 5.41) is 6.47. The molecule has 5 heteroatoms. The van der Waals surface area contributed by atoms with E-state index in [4.69, 9.17) is 0 Å². The zero-order chi connectivity index (χ0) is 20.8. The van der Waals surface area contributed by atoms with Crippen LogP contribution in [-0.2, 0) is 0 Å². The van der Waals surface area contributed by atoms with Crippen molar-refractivity contribution in [2.75, 3.05) is 12.4 Å². The summed E-state index contributed by atoms with van der Waals surface area (Å²) >= 11 is 0. The van der Waals surface area contributed by atoms with Gasteiger partial charge in [-0.2, -0.15) is 0 Å². The molecule has 0 unspecified atom stereocenters. The summed E-state index contributed by atoms with van der Waals surface area (Å²) in [5.41, 5.74) is 8.08. The van der Waals surface area contributed by atoms with Crippen LogP contribution in [0.15, 0.2) is 67.6 Å². The summed E-state index contributed by atoms with van der Waals surface area (Å²) < 4.78 is 0. The first-order valence-corrected chi connectivity index (χ1v) is 9.54. The number of anilines is 2. The van der Waals surface area contributed by atoms with Crippen LogP contribution in [0.1, 0.15) is 22.4 Å². The molecular weight excluding hydrogens is 358 g/mol. The van der Waals surface area contributed by atoms with Gasteiger partial charge in [0.1, 0.15) is 0 Å². The Morgan fingerprint density at radius 1 is 1.00 bits per heavy atom. The average molecular weight is 386 g/mol. The molecular formula is C24H27N5. The molecule has 0 bridgehead atoms. The van der Waals surface area contributed by atoms with Crippen molar-refractivity contribution in [1.29, 1.82) is 0 Å². The van der Waals surface area contributed by atoms with Crippen molar-refractivity contribution in [2.45, 2.75) is 20.8 Å². The van der Waals surface area contributed by atoms with Crippen LogP contribution in [0.3, 0.4) is 0 Å². The lowest BCUT2D eigenvalue weighted by atomic mass is 10.1. The standard InChI is InChI=1S/C24H27N5/c1-16-6-8-20(9-7-16)23-15-28-19(4)24(27-13-12-26-23)29-21-10-11-22(17(2)14-21)18(3)25-5/h6-15,25-26H,3H2,1-2,4-5H3,(H,27,29). The third kappa shape index (κ3) is 5.02. The number of aromatic amines is 1. The van der Waals surface area contributed by atoms with Gasteiger partial charge in [0.05, 0.1) is 17.6 Å². The predicted octanol–water partition coefficient (Wildman–Crippen LogP) is 5.46. The number of aromatic nitrogens is 3. The maximum absolute atomic E-state index is 4.62. The van der Waals surface area contributed by atoms with Crippen molar-refractivity contribution in [3.63, 3.8) is 0 Å². The van der Waals surface area contributed by atoms with Gasteiger partial charge in [-0.3, -0.25) is 4.98 Å². The number of hydrogen-bond donors (Lipinski definition) is 3. The first-order chi connectivity index (χ1) is 14.0. The lowest BCUT2D eigenvalue weighted by Gasteiger charge is -2.12. The number of aryl methyl sites for hydroxylation is 3. The van der Waals surface area contributed by atoms with E-state index in [0.717, 1.165) is 39.5 Å². The van der Waals surface area contributed by atoms with Gasteiger partial charge >= 0.3 is 0 Å². The smallest absolute Gasteiger partial charge is 0.151 e. The monoisotopic (exact) mass is 385 g/mol. The molecule has 0 fully saturated rings. The van der Waals surface area contributed by atoms with Crippen molar-refractivity contribution < 1.29 is 0 Å². The molecule has 0 saturated heterocycles. The Balaban J connectivity index is 1.93. The van der Waals surface area contributed by atoms with E-state index >= 15 is 0 Å². The van der Waals surface area contributed by atoms with Crippen LogP contribution in [0.2, 0.25) is 0 Å². The average Bonchev–Trinajstić information content (AvgIpc) is 2.80. The Morgan fingerprint density at radius 3 is 2.45 bits per heavy atom. The Kier molecular flexibility index (Phi) is 6.29. The van der Waals surface area contributed by atoms with E-state index in [1.54, 1.807) is 6.20 Å². The zero-order valence-corrected chi connectivity index (χ0v) is 17.4. The molecule has 2 aromatic carbocycles. The zero-order valence-electron chi connectivity index (χ0n) is 17.4. The van der Waals surface area contributed by atoms with E-state index in [1.807, 2.05) is 38.5 Å². The molecule has 1 aromatic heterocycles. The summed E-state index contributed by atoms with van der Waals surface area (Å²) in [6.07, 6.45) is 5.38. The van der Waals surface area contributed by atoms with E-state index in [9.17, 15) is 0 Å². The van der Waals surface area contributed by atoms with E-state index in [-0.39, 0.29) is 0 Å². The summed E-state index contributed by atoms with van der Waals surface area (Å²) in [6.45, 7) is 10.1. The second kappa shape index (κ2) is 9.06. The molecule has 1 heterocycles. The number of rotatable bonds is 5. The Hall–Kier alpha value is -3.60. The Morgan fingerprint density at radius 2 is 1.76 bits per heavy atom. The van der Waals surface area contributed by atoms with E-state index in [1.165, 1.54) is 5.56 Å². The van der Waals surface area contributed by atoms with Gasteiger partial charge in [0.2, 0.25) is 0 Å². The van der Waals surface area contributed by atoms with Crippen LogP contribution in [-0.4, -0.2) is 22.0 Å². The van der Waals surface area contributed by atoms with Crippen LogP contribution >= 0.6 is 0 Å². The van der Waals surface area contributed by atoms with E-state index < -0.39 is 0 Å². The molecule has 0 aliphatic heterocycles. The number of benzene rings is 2. The topological polar surface area (TPSA) is 65.6 Å².